The summed E-state index contributed by atoms with van der Waals surface area (Å²) in [6.07, 6.45) is 5.34. The molecule has 0 aliphatic heterocycles. The fourth-order valence-corrected chi connectivity index (χ4v) is 2.77. The van der Waals surface area contributed by atoms with Crippen LogP contribution >= 0.6 is 0 Å². The molecule has 1 unspecified atom stereocenters. The Balaban J connectivity index is 1.82. The molecule has 6 nitrogen and oxygen atoms in total. The largest absolute Gasteiger partial charge is 0.394 e. The molecule has 2 aromatic heterocycles. The van der Waals surface area contributed by atoms with Crippen molar-refractivity contribution < 1.29 is 9.90 Å². The van der Waals surface area contributed by atoms with Crippen LogP contribution in [0.1, 0.15) is 38.4 Å². The second-order valence-electron chi connectivity index (χ2n) is 7.45. The fraction of sp³-hybridized carbons (Fsp3) is 0.556. The predicted octanol–water partition coefficient (Wildman–Crippen LogP) is 2.28. The number of aliphatic hydroxyl groups excluding tert-OH is 1. The Morgan fingerprint density at radius 2 is 2.17 bits per heavy atom. The number of carbonyl (C=O) groups is 1. The lowest BCUT2D eigenvalue weighted by atomic mass is 9.88. The number of fused-ring (bicyclic) bond motifs is 1. The highest BCUT2D eigenvalue weighted by Gasteiger charge is 2.19. The Kier molecular flexibility index (Phi) is 5.83. The summed E-state index contributed by atoms with van der Waals surface area (Å²) in [6.45, 7) is 8.73. The average molecular weight is 332 g/mol. The quantitative estimate of drug-likeness (QED) is 0.759. The first-order valence-corrected chi connectivity index (χ1v) is 8.37. The Morgan fingerprint density at radius 1 is 1.42 bits per heavy atom. The van der Waals surface area contributed by atoms with Crippen LogP contribution in [0.3, 0.4) is 0 Å². The number of urea groups is 1. The van der Waals surface area contributed by atoms with Crippen LogP contribution in [-0.4, -0.2) is 39.7 Å². The van der Waals surface area contributed by atoms with Gasteiger partial charge in [0.1, 0.15) is 5.65 Å². The average Bonchev–Trinajstić information content (AvgIpc) is 2.89. The third kappa shape index (κ3) is 5.23. The lowest BCUT2D eigenvalue weighted by molar-refractivity contribution is 0.191. The number of carbonyl (C=O) groups excluding carboxylic acids is 1. The molecule has 6 heteroatoms. The monoisotopic (exact) mass is 332 g/mol. The van der Waals surface area contributed by atoms with E-state index in [2.05, 4.69) is 36.4 Å². The first kappa shape index (κ1) is 18.3. The highest BCUT2D eigenvalue weighted by atomic mass is 16.3. The SMILES string of the molecule is Cc1cccn2cc(CCNC(=O)NC(CO)CC(C)(C)C)nc12. The van der Waals surface area contributed by atoms with E-state index in [0.717, 1.165) is 23.3 Å². The van der Waals surface area contributed by atoms with Gasteiger partial charge >= 0.3 is 6.03 Å². The third-order valence-corrected chi connectivity index (χ3v) is 3.81. The van der Waals surface area contributed by atoms with Crippen LogP contribution < -0.4 is 10.6 Å². The number of aromatic nitrogens is 2. The van der Waals surface area contributed by atoms with Gasteiger partial charge in [-0.15, -0.1) is 0 Å². The topological polar surface area (TPSA) is 78.7 Å². The van der Waals surface area contributed by atoms with Crippen molar-refractivity contribution in [3.05, 3.63) is 35.8 Å². The van der Waals surface area contributed by atoms with Gasteiger partial charge < -0.3 is 20.1 Å². The van der Waals surface area contributed by atoms with Crippen LogP contribution in [0.5, 0.6) is 0 Å². The smallest absolute Gasteiger partial charge is 0.315 e. The van der Waals surface area contributed by atoms with Crippen LogP contribution in [0.2, 0.25) is 0 Å². The molecule has 0 radical (unpaired) electrons. The maximum Gasteiger partial charge on any atom is 0.315 e. The standard InChI is InChI=1S/C18H28N4O2/c1-13-6-5-9-22-11-14(20-16(13)22)7-8-19-17(24)21-15(12-23)10-18(2,3)4/h5-6,9,11,15,23H,7-8,10,12H2,1-4H3,(H2,19,21,24). The number of imidazole rings is 1. The molecule has 0 saturated carbocycles. The summed E-state index contributed by atoms with van der Waals surface area (Å²) in [7, 11) is 0. The molecule has 0 saturated heterocycles. The number of rotatable bonds is 6. The van der Waals surface area contributed by atoms with Gasteiger partial charge in [-0.2, -0.15) is 0 Å². The molecule has 2 amide bonds. The first-order chi connectivity index (χ1) is 11.3. The maximum atomic E-state index is 12.0. The van der Waals surface area contributed by atoms with Gasteiger partial charge in [0.05, 0.1) is 18.3 Å². The molecule has 0 aliphatic carbocycles. The summed E-state index contributed by atoms with van der Waals surface area (Å²) >= 11 is 0. The summed E-state index contributed by atoms with van der Waals surface area (Å²) in [5, 5.41) is 15.0. The van der Waals surface area contributed by atoms with Crippen molar-refractivity contribution in [1.29, 1.82) is 0 Å². The van der Waals surface area contributed by atoms with Crippen molar-refractivity contribution in [2.45, 2.75) is 46.6 Å². The molecule has 0 aromatic carbocycles. The normalized spacial score (nSPS) is 13.0. The van der Waals surface area contributed by atoms with E-state index in [1.807, 2.05) is 35.9 Å². The van der Waals surface area contributed by atoms with Gasteiger partial charge in [0.15, 0.2) is 0 Å². The number of nitrogens with zero attached hydrogens (tertiary/aromatic N) is 2. The Labute approximate surface area is 143 Å². The van der Waals surface area contributed by atoms with E-state index in [1.165, 1.54) is 0 Å². The van der Waals surface area contributed by atoms with E-state index in [4.69, 9.17) is 0 Å². The van der Waals surface area contributed by atoms with Gasteiger partial charge in [-0.1, -0.05) is 26.8 Å². The van der Waals surface area contributed by atoms with Crippen molar-refractivity contribution in [2.75, 3.05) is 13.2 Å². The molecule has 2 rings (SSSR count). The number of aliphatic hydroxyl groups is 1. The number of hydrogen-bond acceptors (Lipinski definition) is 3. The number of nitrogens with one attached hydrogen (secondary N) is 2. The minimum Gasteiger partial charge on any atom is -0.394 e. The zero-order valence-corrected chi connectivity index (χ0v) is 15.0. The van der Waals surface area contributed by atoms with Crippen molar-refractivity contribution in [3.63, 3.8) is 0 Å². The van der Waals surface area contributed by atoms with E-state index in [-0.39, 0.29) is 24.1 Å². The van der Waals surface area contributed by atoms with Gasteiger partial charge in [-0.05, 0) is 30.4 Å². The van der Waals surface area contributed by atoms with Gasteiger partial charge in [-0.25, -0.2) is 9.78 Å². The molecule has 2 heterocycles. The third-order valence-electron chi connectivity index (χ3n) is 3.81. The summed E-state index contributed by atoms with van der Waals surface area (Å²) in [5.41, 5.74) is 3.07. The number of pyridine rings is 1. The second-order valence-corrected chi connectivity index (χ2v) is 7.45. The Bertz CT molecular complexity index is 688. The van der Waals surface area contributed by atoms with Crippen molar-refractivity contribution in [1.82, 2.24) is 20.0 Å². The van der Waals surface area contributed by atoms with Crippen LogP contribution in [0.4, 0.5) is 4.79 Å². The zero-order chi connectivity index (χ0) is 17.7. The molecule has 24 heavy (non-hydrogen) atoms. The Morgan fingerprint density at radius 3 is 2.79 bits per heavy atom. The van der Waals surface area contributed by atoms with Crippen LogP contribution in [0.25, 0.3) is 5.65 Å². The molecule has 0 bridgehead atoms. The van der Waals surface area contributed by atoms with E-state index in [1.54, 1.807) is 0 Å². The summed E-state index contributed by atoms with van der Waals surface area (Å²) in [4.78, 5) is 16.5. The van der Waals surface area contributed by atoms with Crippen LogP contribution in [-0.2, 0) is 6.42 Å². The van der Waals surface area contributed by atoms with Gasteiger partial charge in [-0.3, -0.25) is 0 Å². The molecule has 0 fully saturated rings. The lowest BCUT2D eigenvalue weighted by Crippen LogP contribution is -2.45. The summed E-state index contributed by atoms with van der Waals surface area (Å²) in [6, 6.07) is 3.53. The molecule has 0 aliphatic rings. The van der Waals surface area contributed by atoms with Crippen molar-refractivity contribution >= 4 is 11.7 Å². The van der Waals surface area contributed by atoms with Crippen LogP contribution in [0.15, 0.2) is 24.5 Å². The van der Waals surface area contributed by atoms with E-state index in [0.29, 0.717) is 13.0 Å². The van der Waals surface area contributed by atoms with E-state index >= 15 is 0 Å². The van der Waals surface area contributed by atoms with Gasteiger partial charge in [0.25, 0.3) is 0 Å². The molecule has 1 atom stereocenters. The van der Waals surface area contributed by atoms with Crippen LogP contribution in [0, 0.1) is 12.3 Å². The first-order valence-electron chi connectivity index (χ1n) is 8.37. The highest BCUT2D eigenvalue weighted by Crippen LogP contribution is 2.20. The molecule has 132 valence electrons. The minimum absolute atomic E-state index is 0.0507. The maximum absolute atomic E-state index is 12.0. The number of hydrogen-bond donors (Lipinski definition) is 3. The predicted molar refractivity (Wildman–Crippen MR) is 95.1 cm³/mol. The second kappa shape index (κ2) is 7.66. The van der Waals surface area contributed by atoms with Gasteiger partial charge in [0, 0.05) is 25.4 Å². The highest BCUT2D eigenvalue weighted by molar-refractivity contribution is 5.74. The molecule has 3 N–H and O–H groups in total. The van der Waals surface area contributed by atoms with Crippen molar-refractivity contribution in [3.8, 4) is 0 Å². The Hall–Kier alpha value is -2.08. The molecular weight excluding hydrogens is 304 g/mol. The van der Waals surface area contributed by atoms with E-state index < -0.39 is 0 Å². The summed E-state index contributed by atoms with van der Waals surface area (Å²) in [5.74, 6) is 0. The minimum atomic E-state index is -0.252. The fourth-order valence-electron chi connectivity index (χ4n) is 2.77. The summed E-state index contributed by atoms with van der Waals surface area (Å²) < 4.78 is 2.00. The molecular formula is C18H28N4O2. The molecule has 2 aromatic rings. The number of amides is 2. The zero-order valence-electron chi connectivity index (χ0n) is 15.0. The number of aryl methyl sites for hydroxylation is 1. The van der Waals surface area contributed by atoms with E-state index in [9.17, 15) is 9.90 Å². The van der Waals surface area contributed by atoms with Crippen molar-refractivity contribution in [2.24, 2.45) is 5.41 Å². The van der Waals surface area contributed by atoms with Gasteiger partial charge in [0.2, 0.25) is 0 Å². The lowest BCUT2D eigenvalue weighted by Gasteiger charge is -2.25. The molecule has 0 spiro atoms.